The summed E-state index contributed by atoms with van der Waals surface area (Å²) in [6, 6.07) is 0. The van der Waals surface area contributed by atoms with Crippen molar-refractivity contribution in [2.75, 3.05) is 0 Å². The predicted octanol–water partition coefficient (Wildman–Crippen LogP) is 7.53. The van der Waals surface area contributed by atoms with Crippen LogP contribution in [0.1, 0.15) is 0 Å². The fourth-order valence-corrected chi connectivity index (χ4v) is 50.0. The van der Waals surface area contributed by atoms with Crippen LogP contribution < -0.4 is 4.86 Å². The molecule has 0 fully saturated rings. The molecule has 0 saturated carbocycles. The molecule has 1 heterocycles. The second-order valence-corrected chi connectivity index (χ2v) is 33.6. The molecule has 0 aromatic rings. The molecule has 12 heteroatoms. The van der Waals surface area contributed by atoms with E-state index in [2.05, 4.69) is 107 Å². The summed E-state index contributed by atoms with van der Waals surface area (Å²) in [5.41, 5.74) is 0. The fraction of sp³-hybridized carbons (Fsp3) is 0. The number of halogens is 6. The highest BCUT2D eigenvalue weighted by Gasteiger charge is 2.44. The Kier molecular flexibility index (Phi) is 5.22. The molecule has 12 heavy (non-hydrogen) atoms. The van der Waals surface area contributed by atoms with Crippen LogP contribution >= 0.6 is 107 Å². The van der Waals surface area contributed by atoms with Gasteiger partial charge >= 0.3 is 4.97 Å². The minimum absolute atomic E-state index is 1.76. The third-order valence-electron chi connectivity index (χ3n) is 0.681. The van der Waals surface area contributed by atoms with Gasteiger partial charge in [-0.3, -0.25) is 0 Å². The number of nitrogens with zero attached hydrogens (tertiary/aromatic N) is 2. The minimum atomic E-state index is -1.86. The number of hydrogen-bond acceptors (Lipinski definition) is 3. The fourth-order valence-electron chi connectivity index (χ4n) is 0.473. The molecule has 0 bridgehead atoms. The highest BCUT2D eigenvalue weighted by atomic mass is 80.0. The summed E-state index contributed by atoms with van der Waals surface area (Å²) in [6.45, 7) is 0. The lowest BCUT2D eigenvalue weighted by Crippen LogP contribution is -1.93. The van der Waals surface area contributed by atoms with Gasteiger partial charge in [-0.1, -0.05) is 9.03 Å². The van der Waals surface area contributed by atoms with E-state index in [4.69, 9.17) is 0 Å². The van der Waals surface area contributed by atoms with E-state index < -0.39 is 14.2 Å². The highest BCUT2D eigenvalue weighted by molar-refractivity contribution is 9.77. The second-order valence-electron chi connectivity index (χ2n) is 1.70. The van der Waals surface area contributed by atoms with Crippen molar-refractivity contribution in [3.8, 4) is 0 Å². The summed E-state index contributed by atoms with van der Waals surface area (Å²) in [6.07, 6.45) is 0. The molecule has 0 aliphatic carbocycles. The first-order chi connectivity index (χ1) is 5.12. The van der Waals surface area contributed by atoms with Gasteiger partial charge in [0.25, 0.3) is 0 Å². The number of nitrogens with one attached hydrogen (secondary N) is 1. The zero-order chi connectivity index (χ0) is 9.62. The van der Waals surface area contributed by atoms with Crippen LogP contribution in [-0.4, -0.2) is 0 Å². The van der Waals surface area contributed by atoms with Gasteiger partial charge in [0, 0.05) is 0 Å². The van der Waals surface area contributed by atoms with Crippen LogP contribution in [-0.2, 0) is 0 Å². The average molecular weight is 615 g/mol. The lowest BCUT2D eigenvalue weighted by Gasteiger charge is -2.20. The predicted molar refractivity (Wildman–Crippen MR) is 82.3 cm³/mol. The topological polar surface area (TPSA) is 36.8 Å². The van der Waals surface area contributed by atoms with E-state index >= 15 is 0 Å². The van der Waals surface area contributed by atoms with Gasteiger partial charge in [-0.15, -0.1) is 0 Å². The van der Waals surface area contributed by atoms with Gasteiger partial charge in [-0.25, -0.2) is 4.86 Å². The SMILES string of the molecule is BrP1(Br)=N[P+](Br)(Br)N=P(Br)(Br)N1. The van der Waals surface area contributed by atoms with Crippen LogP contribution in [0, 0.1) is 0 Å². The summed E-state index contributed by atoms with van der Waals surface area (Å²) in [5.74, 6) is 0. The van der Waals surface area contributed by atoms with Crippen LogP contribution in [0.3, 0.4) is 0 Å². The normalized spacial score (nSPS) is 30.2. The maximum absolute atomic E-state index is 4.42. The molecule has 0 aromatic heterocycles. The van der Waals surface area contributed by atoms with E-state index in [0.29, 0.717) is 0 Å². The third-order valence-corrected chi connectivity index (χ3v) is 22.0. The summed E-state index contributed by atoms with van der Waals surface area (Å²) in [7, 11) is 0. The van der Waals surface area contributed by atoms with Crippen LogP contribution in [0.2, 0.25) is 0 Å². The molecule has 0 saturated heterocycles. The van der Waals surface area contributed by atoms with Gasteiger partial charge < -0.3 is 0 Å². The molecule has 1 aliphatic heterocycles. The molecule has 0 atom stereocenters. The molecule has 1 N–H and O–H groups in total. The molecule has 1 aliphatic rings. The van der Waals surface area contributed by atoms with E-state index in [0.717, 1.165) is 0 Å². The highest BCUT2D eigenvalue weighted by Crippen LogP contribution is 2.93. The van der Waals surface area contributed by atoms with Gasteiger partial charge in [-0.2, -0.15) is 0 Å². The molecule has 0 radical (unpaired) electrons. The van der Waals surface area contributed by atoms with Gasteiger partial charge in [0.15, 0.2) is 0 Å². The van der Waals surface area contributed by atoms with Crippen LogP contribution in [0.5, 0.6) is 0 Å². The summed E-state index contributed by atoms with van der Waals surface area (Å²) < 4.78 is 5.32. The Bertz CT molecular complexity index is 265. The Balaban J connectivity index is 3.18. The summed E-state index contributed by atoms with van der Waals surface area (Å²) >= 11 is 20.7. The Morgan fingerprint density at radius 3 is 1.50 bits per heavy atom. The van der Waals surface area contributed by atoms with Crippen LogP contribution in [0.15, 0.2) is 9.03 Å². The zero-order valence-electron chi connectivity index (χ0n) is 5.00. The van der Waals surface area contributed by atoms with E-state index in [1.807, 2.05) is 0 Å². The average Bonchev–Trinajstić information content (AvgIpc) is 1.44. The molecule has 3 nitrogen and oxygen atoms in total. The van der Waals surface area contributed by atoms with Crippen molar-refractivity contribution in [3.05, 3.63) is 0 Å². The molecule has 0 unspecified atom stereocenters. The van der Waals surface area contributed by atoms with Crippen LogP contribution in [0.25, 0.3) is 0 Å². The molecule has 72 valence electrons. The lowest BCUT2D eigenvalue weighted by molar-refractivity contribution is 1.64. The number of rotatable bonds is 0. The van der Waals surface area contributed by atoms with Crippen LogP contribution in [0.4, 0.5) is 0 Å². The van der Waals surface area contributed by atoms with Gasteiger partial charge in [0.05, 0.1) is 0 Å². The summed E-state index contributed by atoms with van der Waals surface area (Å²) in [5, 5.41) is 0. The molecule has 0 aromatic carbocycles. The number of hydrogen-bond donors (Lipinski definition) is 1. The maximum Gasteiger partial charge on any atom is 0.385 e. The molecular formula is HBr6N3P3+. The zero-order valence-corrected chi connectivity index (χ0v) is 17.2. The van der Waals surface area contributed by atoms with E-state index in [1.165, 1.54) is 0 Å². The Hall–Kier alpha value is 3.73. The summed E-state index contributed by atoms with van der Waals surface area (Å²) in [4.78, 5) is 1.36. The first-order valence-corrected chi connectivity index (χ1v) is 19.6. The smallest absolute Gasteiger partial charge is 0.208 e. The Morgan fingerprint density at radius 2 is 1.25 bits per heavy atom. The van der Waals surface area contributed by atoms with Crippen molar-refractivity contribution in [2.45, 2.75) is 0 Å². The standard InChI is InChI=1S/Br6HN3P3/c1-10(2)7-11(3,4)9-12(5,6)8-10/h7H/q+1. The minimum Gasteiger partial charge on any atom is -0.208 e. The monoisotopic (exact) mass is 609 g/mol. The van der Waals surface area contributed by atoms with E-state index in [1.54, 1.807) is 0 Å². The molecule has 1 rings (SSSR count). The van der Waals surface area contributed by atoms with E-state index in [9.17, 15) is 0 Å². The van der Waals surface area contributed by atoms with Crippen molar-refractivity contribution < 1.29 is 0 Å². The van der Waals surface area contributed by atoms with E-state index in [-0.39, 0.29) is 0 Å². The molecular weight excluding hydrogens is 614 g/mol. The lowest BCUT2D eigenvalue weighted by atomic mass is 13.8. The third kappa shape index (κ3) is 4.71. The second kappa shape index (κ2) is 4.54. The van der Waals surface area contributed by atoms with Crippen molar-refractivity contribution in [3.63, 3.8) is 0 Å². The van der Waals surface area contributed by atoms with Gasteiger partial charge in [0.1, 0.15) is 0 Å². The van der Waals surface area contributed by atoms with Crippen molar-refractivity contribution >= 4 is 107 Å². The van der Waals surface area contributed by atoms with Crippen molar-refractivity contribution in [2.24, 2.45) is 9.03 Å². The molecule has 0 spiro atoms. The van der Waals surface area contributed by atoms with Crippen molar-refractivity contribution in [1.82, 2.24) is 4.86 Å². The Morgan fingerprint density at radius 1 is 0.917 bits per heavy atom. The maximum atomic E-state index is 4.42. The van der Waals surface area contributed by atoms with Gasteiger partial charge in [-0.05, 0) is 62.0 Å². The van der Waals surface area contributed by atoms with Crippen molar-refractivity contribution in [1.29, 1.82) is 0 Å². The molecule has 0 amide bonds. The van der Waals surface area contributed by atoms with Gasteiger partial charge in [0.2, 0.25) is 40.2 Å². The Labute approximate surface area is 119 Å². The first-order valence-electron chi connectivity index (χ1n) is 2.26. The largest absolute Gasteiger partial charge is 0.385 e. The first kappa shape index (κ1) is 13.8. The quantitative estimate of drug-likeness (QED) is 0.281.